The van der Waals surface area contributed by atoms with Crippen molar-refractivity contribution in [1.29, 1.82) is 0 Å². The quantitative estimate of drug-likeness (QED) is 0.403. The number of pyridine rings is 1. The van der Waals surface area contributed by atoms with Crippen molar-refractivity contribution in [1.82, 2.24) is 24.4 Å². The monoisotopic (exact) mass is 449 g/mol. The van der Waals surface area contributed by atoms with Crippen molar-refractivity contribution < 1.29 is 13.6 Å². The molecule has 1 saturated carbocycles. The summed E-state index contributed by atoms with van der Waals surface area (Å²) in [6, 6.07) is 7.85. The van der Waals surface area contributed by atoms with Crippen LogP contribution in [0.2, 0.25) is 0 Å². The molecule has 0 bridgehead atoms. The first-order valence-corrected chi connectivity index (χ1v) is 11.3. The first-order chi connectivity index (χ1) is 16.9. The third-order valence-electron chi connectivity index (χ3n) is 6.17. The average molecular weight is 450 g/mol. The zero-order valence-corrected chi connectivity index (χ0v) is 17.8. The van der Waals surface area contributed by atoms with Crippen LogP contribution in [0.25, 0.3) is 43.6 Å². The van der Waals surface area contributed by atoms with E-state index in [1.807, 2.05) is 35.1 Å². The predicted molar refractivity (Wildman–Crippen MR) is 125 cm³/mol. The molecule has 6 rings (SSSR count). The lowest BCUT2D eigenvalue weighted by Gasteiger charge is -2.25. The van der Waals surface area contributed by atoms with Crippen molar-refractivity contribution in [3.8, 4) is 22.5 Å². The summed E-state index contributed by atoms with van der Waals surface area (Å²) in [4.78, 5) is 4.40. The number of fused-ring (bicyclic) bond motifs is 2. The molecule has 5 aromatic rings. The summed E-state index contributed by atoms with van der Waals surface area (Å²) in [5.74, 6) is 0.728. The maximum absolute atomic E-state index is 9.83. The molecule has 1 aromatic carbocycles. The van der Waals surface area contributed by atoms with Crippen LogP contribution >= 0.6 is 11.5 Å². The molecule has 1 aliphatic rings. The molecule has 162 valence electrons. The summed E-state index contributed by atoms with van der Waals surface area (Å²) in [5, 5.41) is 21.8. The molecule has 4 heterocycles. The number of furan rings is 1. The maximum atomic E-state index is 9.83. The average Bonchev–Trinajstić information content (AvgIpc) is 3.58. The summed E-state index contributed by atoms with van der Waals surface area (Å²) in [7, 11) is 0. The van der Waals surface area contributed by atoms with Gasteiger partial charge in [-0.25, -0.2) is 4.98 Å². The Morgan fingerprint density at radius 3 is 3.00 bits per heavy atom. The first kappa shape index (κ1) is 16.3. The molecule has 0 aliphatic heterocycles. The molecular formula is C23H22N6O2S. The Bertz CT molecular complexity index is 1520. The van der Waals surface area contributed by atoms with Gasteiger partial charge in [0.2, 0.25) is 0 Å². The highest BCUT2D eigenvalue weighted by atomic mass is 32.1. The minimum Gasteiger partial charge on any atom is -0.452 e. The van der Waals surface area contributed by atoms with Crippen LogP contribution in [0.4, 0.5) is 5.82 Å². The van der Waals surface area contributed by atoms with Crippen LogP contribution in [0.15, 0.2) is 47.3 Å². The van der Waals surface area contributed by atoms with Crippen LogP contribution in [-0.4, -0.2) is 42.5 Å². The van der Waals surface area contributed by atoms with Crippen LogP contribution < -0.4 is 5.32 Å². The number of aromatic nitrogens is 5. The number of nitrogens with one attached hydrogen (secondary N) is 1. The molecule has 32 heavy (non-hydrogen) atoms. The van der Waals surface area contributed by atoms with E-state index in [4.69, 9.17) is 8.53 Å². The molecule has 0 unspecified atom stereocenters. The molecule has 9 heteroatoms. The van der Waals surface area contributed by atoms with Gasteiger partial charge in [-0.3, -0.25) is 4.68 Å². The third-order valence-corrected chi connectivity index (χ3v) is 6.95. The first-order valence-electron chi connectivity index (χ1n) is 12.0. The molecule has 0 saturated heterocycles. The number of rotatable bonds is 4. The summed E-state index contributed by atoms with van der Waals surface area (Å²) < 4.78 is 36.1. The Hall–Kier alpha value is -3.30. The minimum atomic E-state index is -2.42. The second kappa shape index (κ2) is 7.68. The van der Waals surface area contributed by atoms with Crippen LogP contribution in [0.5, 0.6) is 0 Å². The zero-order valence-electron chi connectivity index (χ0n) is 20.0. The smallest absolute Gasteiger partial charge is 0.177 e. The molecule has 0 amide bonds. The number of aliphatic hydroxyl groups is 1. The number of anilines is 1. The van der Waals surface area contributed by atoms with Gasteiger partial charge < -0.3 is 14.8 Å². The highest BCUT2D eigenvalue weighted by Gasteiger charge is 2.23. The van der Waals surface area contributed by atoms with Gasteiger partial charge in [-0.15, -0.1) is 5.10 Å². The standard InChI is InChI=1S/C23H22N6O2S/c1-24-23-21-17(9-20(31-21)16-3-2-4-19-22(16)32-28-27-19)18(11-25-23)13-10-26-29(12-13)14-5-7-15(30)8-6-14/h2-4,9-12,14-15,30H,5-8H2,1H3,(H,24,25)/t14-,15-/i1D3. The van der Waals surface area contributed by atoms with Gasteiger partial charge in [0.1, 0.15) is 11.3 Å². The van der Waals surface area contributed by atoms with E-state index in [2.05, 4.69) is 25.0 Å². The number of nitrogens with zero attached hydrogens (tertiary/aromatic N) is 5. The molecule has 0 radical (unpaired) electrons. The van der Waals surface area contributed by atoms with E-state index in [-0.39, 0.29) is 18.0 Å². The molecule has 1 fully saturated rings. The second-order valence-electron chi connectivity index (χ2n) is 8.10. The Balaban J connectivity index is 1.47. The van der Waals surface area contributed by atoms with E-state index in [9.17, 15) is 5.11 Å². The second-order valence-corrected chi connectivity index (χ2v) is 8.85. The van der Waals surface area contributed by atoms with E-state index in [0.29, 0.717) is 11.3 Å². The highest BCUT2D eigenvalue weighted by Crippen LogP contribution is 2.40. The van der Waals surface area contributed by atoms with E-state index in [1.54, 1.807) is 12.4 Å². The minimum absolute atomic E-state index is 0.151. The van der Waals surface area contributed by atoms with Crippen molar-refractivity contribution in [2.45, 2.75) is 37.8 Å². The molecule has 4 aromatic heterocycles. The normalized spacial score (nSPS) is 20.8. The molecule has 2 N–H and O–H groups in total. The third kappa shape index (κ3) is 3.16. The molecule has 1 aliphatic carbocycles. The van der Waals surface area contributed by atoms with Gasteiger partial charge in [0, 0.05) is 45.6 Å². The van der Waals surface area contributed by atoms with E-state index < -0.39 is 6.98 Å². The maximum Gasteiger partial charge on any atom is 0.177 e. The van der Waals surface area contributed by atoms with Crippen molar-refractivity contribution >= 4 is 38.5 Å². The van der Waals surface area contributed by atoms with Crippen molar-refractivity contribution in [3.05, 3.63) is 42.9 Å². The Labute approximate surface area is 192 Å². The van der Waals surface area contributed by atoms with Crippen molar-refractivity contribution in [2.24, 2.45) is 0 Å². The lowest BCUT2D eigenvalue weighted by molar-refractivity contribution is 0.108. The van der Waals surface area contributed by atoms with Crippen LogP contribution in [-0.2, 0) is 0 Å². The van der Waals surface area contributed by atoms with E-state index >= 15 is 0 Å². The fourth-order valence-electron chi connectivity index (χ4n) is 4.47. The van der Waals surface area contributed by atoms with Crippen LogP contribution in [0.3, 0.4) is 0 Å². The van der Waals surface area contributed by atoms with Gasteiger partial charge in [0.15, 0.2) is 11.4 Å². The van der Waals surface area contributed by atoms with Crippen molar-refractivity contribution in [3.63, 3.8) is 0 Å². The molecular weight excluding hydrogens is 424 g/mol. The zero-order chi connectivity index (χ0) is 24.2. The number of hydrogen-bond donors (Lipinski definition) is 2. The number of benzene rings is 1. The number of hydrogen-bond acceptors (Lipinski definition) is 8. The highest BCUT2D eigenvalue weighted by molar-refractivity contribution is 7.13. The van der Waals surface area contributed by atoms with Crippen LogP contribution in [0, 0.1) is 0 Å². The fourth-order valence-corrected chi connectivity index (χ4v) is 5.15. The summed E-state index contributed by atoms with van der Waals surface area (Å²) in [5.41, 5.74) is 3.61. The molecule has 0 atom stereocenters. The summed E-state index contributed by atoms with van der Waals surface area (Å²) >= 11 is 1.28. The molecule has 0 spiro atoms. The van der Waals surface area contributed by atoms with Crippen molar-refractivity contribution in [2.75, 3.05) is 12.3 Å². The summed E-state index contributed by atoms with van der Waals surface area (Å²) in [6.07, 6.45) is 8.48. The van der Waals surface area contributed by atoms with Gasteiger partial charge in [0.05, 0.1) is 23.0 Å². The molecule has 8 nitrogen and oxygen atoms in total. The Morgan fingerprint density at radius 2 is 2.12 bits per heavy atom. The van der Waals surface area contributed by atoms with Gasteiger partial charge in [-0.2, -0.15) is 5.10 Å². The Kier molecular flexibility index (Phi) is 3.93. The number of aliphatic hydroxyl groups excluding tert-OH is 1. The summed E-state index contributed by atoms with van der Waals surface area (Å²) in [6.45, 7) is -2.42. The topological polar surface area (TPSA) is 102 Å². The largest absolute Gasteiger partial charge is 0.452 e. The van der Waals surface area contributed by atoms with Gasteiger partial charge >= 0.3 is 0 Å². The lowest BCUT2D eigenvalue weighted by Crippen LogP contribution is -2.21. The fraction of sp³-hybridized carbons (Fsp3) is 0.304. The SMILES string of the molecule is [2H]C([2H])([2H])Nc1ncc(-c2cnn([C@H]3CC[C@H](O)CC3)c2)c2cc(-c3cccc4nnsc34)oc12. The Morgan fingerprint density at radius 1 is 1.22 bits per heavy atom. The van der Waals surface area contributed by atoms with Gasteiger partial charge in [-0.05, 0) is 55.4 Å². The van der Waals surface area contributed by atoms with E-state index in [0.717, 1.165) is 58.0 Å². The van der Waals surface area contributed by atoms with Gasteiger partial charge in [-0.1, -0.05) is 10.6 Å². The van der Waals surface area contributed by atoms with Gasteiger partial charge in [0.25, 0.3) is 0 Å². The van der Waals surface area contributed by atoms with Crippen LogP contribution in [0.1, 0.15) is 35.8 Å². The lowest BCUT2D eigenvalue weighted by atomic mass is 9.93. The predicted octanol–water partition coefficient (Wildman–Crippen LogP) is 4.88. The van der Waals surface area contributed by atoms with E-state index in [1.165, 1.54) is 11.5 Å².